The zero-order valence-electron chi connectivity index (χ0n) is 10.6. The molecule has 0 radical (unpaired) electrons. The van der Waals surface area contributed by atoms with E-state index >= 15 is 0 Å². The molecule has 0 aliphatic carbocycles. The summed E-state index contributed by atoms with van der Waals surface area (Å²) in [5.74, 6) is 0.421. The summed E-state index contributed by atoms with van der Waals surface area (Å²) in [4.78, 5) is 11.5. The summed E-state index contributed by atoms with van der Waals surface area (Å²) in [6.45, 7) is 10.4. The summed E-state index contributed by atoms with van der Waals surface area (Å²) in [6.07, 6.45) is 1.58. The van der Waals surface area contributed by atoms with E-state index in [0.717, 1.165) is 6.42 Å². The van der Waals surface area contributed by atoms with E-state index in [-0.39, 0.29) is 24.0 Å². The molecule has 0 aromatic carbocycles. The van der Waals surface area contributed by atoms with E-state index < -0.39 is 0 Å². The lowest BCUT2D eigenvalue weighted by molar-refractivity contribution is -0.122. The van der Waals surface area contributed by atoms with Crippen LogP contribution in [-0.4, -0.2) is 23.7 Å². The molecule has 0 fully saturated rings. The molecule has 3 heteroatoms. The van der Waals surface area contributed by atoms with Gasteiger partial charge < -0.3 is 10.4 Å². The SMILES string of the molecule is CC(CC(=O)N[C@H](C)CO)CC(C)(C)C. The van der Waals surface area contributed by atoms with Crippen LogP contribution in [0.3, 0.4) is 0 Å². The minimum atomic E-state index is -0.140. The van der Waals surface area contributed by atoms with Gasteiger partial charge in [0.1, 0.15) is 0 Å². The lowest BCUT2D eigenvalue weighted by atomic mass is 9.84. The molecule has 0 aliphatic rings. The van der Waals surface area contributed by atoms with Crippen LogP contribution >= 0.6 is 0 Å². The lowest BCUT2D eigenvalue weighted by Crippen LogP contribution is -2.36. The van der Waals surface area contributed by atoms with Crippen molar-refractivity contribution in [1.29, 1.82) is 0 Å². The Morgan fingerprint density at radius 3 is 2.27 bits per heavy atom. The van der Waals surface area contributed by atoms with Crippen molar-refractivity contribution in [2.24, 2.45) is 11.3 Å². The molecular formula is C12H25NO2. The molecule has 0 aromatic heterocycles. The van der Waals surface area contributed by atoms with Crippen LogP contribution < -0.4 is 5.32 Å². The van der Waals surface area contributed by atoms with Gasteiger partial charge in [-0.1, -0.05) is 27.7 Å². The third-order valence-corrected chi connectivity index (χ3v) is 2.18. The molecule has 1 amide bonds. The molecule has 0 saturated carbocycles. The second kappa shape index (κ2) is 6.11. The van der Waals surface area contributed by atoms with E-state index in [1.807, 2.05) is 0 Å². The highest BCUT2D eigenvalue weighted by Gasteiger charge is 2.18. The number of hydrogen-bond acceptors (Lipinski definition) is 2. The molecule has 0 saturated heterocycles. The smallest absolute Gasteiger partial charge is 0.220 e. The first-order valence-electron chi connectivity index (χ1n) is 5.65. The van der Waals surface area contributed by atoms with E-state index in [1.165, 1.54) is 0 Å². The molecule has 2 atom stereocenters. The summed E-state index contributed by atoms with van der Waals surface area (Å²) in [5, 5.41) is 11.5. The predicted octanol–water partition coefficient (Wildman–Crippen LogP) is 1.95. The van der Waals surface area contributed by atoms with Gasteiger partial charge in [0.15, 0.2) is 0 Å². The number of nitrogens with one attached hydrogen (secondary N) is 1. The van der Waals surface area contributed by atoms with Gasteiger partial charge in [-0.3, -0.25) is 4.79 Å². The molecule has 1 unspecified atom stereocenters. The van der Waals surface area contributed by atoms with Crippen LogP contribution in [0.25, 0.3) is 0 Å². The lowest BCUT2D eigenvalue weighted by Gasteiger charge is -2.23. The number of hydrogen-bond donors (Lipinski definition) is 2. The Balaban J connectivity index is 3.87. The highest BCUT2D eigenvalue weighted by molar-refractivity contribution is 5.76. The minimum Gasteiger partial charge on any atom is -0.394 e. The van der Waals surface area contributed by atoms with Crippen molar-refractivity contribution in [3.05, 3.63) is 0 Å². The van der Waals surface area contributed by atoms with Crippen LogP contribution in [0.5, 0.6) is 0 Å². The first-order chi connectivity index (χ1) is 6.74. The van der Waals surface area contributed by atoms with Gasteiger partial charge in [-0.2, -0.15) is 0 Å². The summed E-state index contributed by atoms with van der Waals surface area (Å²) >= 11 is 0. The van der Waals surface area contributed by atoms with Gasteiger partial charge in [-0.05, 0) is 24.7 Å². The number of aliphatic hydroxyl groups is 1. The van der Waals surface area contributed by atoms with Gasteiger partial charge in [-0.15, -0.1) is 0 Å². The predicted molar refractivity (Wildman–Crippen MR) is 62.5 cm³/mol. The molecule has 0 bridgehead atoms. The van der Waals surface area contributed by atoms with Crippen LogP contribution in [0.4, 0.5) is 0 Å². The maximum atomic E-state index is 11.5. The summed E-state index contributed by atoms with van der Waals surface area (Å²) in [5.41, 5.74) is 0.266. The van der Waals surface area contributed by atoms with Gasteiger partial charge in [0.25, 0.3) is 0 Å². The van der Waals surface area contributed by atoms with Gasteiger partial charge in [0.2, 0.25) is 5.91 Å². The quantitative estimate of drug-likeness (QED) is 0.736. The third-order valence-electron chi connectivity index (χ3n) is 2.18. The van der Waals surface area contributed by atoms with Crippen LogP contribution in [0, 0.1) is 11.3 Å². The molecule has 0 spiro atoms. The highest BCUT2D eigenvalue weighted by atomic mass is 16.3. The Bertz CT molecular complexity index is 196. The van der Waals surface area contributed by atoms with Gasteiger partial charge >= 0.3 is 0 Å². The molecular weight excluding hydrogens is 190 g/mol. The maximum absolute atomic E-state index is 11.5. The molecule has 90 valence electrons. The summed E-state index contributed by atoms with van der Waals surface area (Å²) in [7, 11) is 0. The van der Waals surface area contributed by atoms with Gasteiger partial charge in [-0.25, -0.2) is 0 Å². The number of amides is 1. The standard InChI is InChI=1S/C12H25NO2/c1-9(7-12(3,4)5)6-11(15)13-10(2)8-14/h9-10,14H,6-8H2,1-5H3,(H,13,15)/t9?,10-/m1/s1. The highest BCUT2D eigenvalue weighted by Crippen LogP contribution is 2.25. The average Bonchev–Trinajstić information content (AvgIpc) is 1.99. The van der Waals surface area contributed by atoms with Crippen LogP contribution in [0.15, 0.2) is 0 Å². The Morgan fingerprint density at radius 1 is 1.33 bits per heavy atom. The van der Waals surface area contributed by atoms with E-state index in [0.29, 0.717) is 12.3 Å². The number of rotatable bonds is 5. The normalized spacial score (nSPS) is 15.9. The Kier molecular flexibility index (Phi) is 5.88. The van der Waals surface area contributed by atoms with Crippen molar-refractivity contribution in [2.75, 3.05) is 6.61 Å². The summed E-state index contributed by atoms with van der Waals surface area (Å²) < 4.78 is 0. The van der Waals surface area contributed by atoms with Crippen molar-refractivity contribution >= 4 is 5.91 Å². The molecule has 2 N–H and O–H groups in total. The third kappa shape index (κ3) is 8.43. The minimum absolute atomic E-state index is 0.000603. The molecule has 0 aromatic rings. The van der Waals surface area contributed by atoms with E-state index in [4.69, 9.17) is 5.11 Å². The Morgan fingerprint density at radius 2 is 1.87 bits per heavy atom. The monoisotopic (exact) mass is 215 g/mol. The molecule has 15 heavy (non-hydrogen) atoms. The maximum Gasteiger partial charge on any atom is 0.220 e. The second-order valence-electron chi connectivity index (χ2n) is 5.73. The fraction of sp³-hybridized carbons (Fsp3) is 0.917. The Hall–Kier alpha value is -0.570. The van der Waals surface area contributed by atoms with Crippen molar-refractivity contribution in [2.45, 2.75) is 53.5 Å². The topological polar surface area (TPSA) is 49.3 Å². The fourth-order valence-electron chi connectivity index (χ4n) is 1.81. The van der Waals surface area contributed by atoms with Gasteiger partial charge in [0.05, 0.1) is 6.61 Å². The first kappa shape index (κ1) is 14.4. The fourth-order valence-corrected chi connectivity index (χ4v) is 1.81. The van der Waals surface area contributed by atoms with Crippen molar-refractivity contribution in [3.63, 3.8) is 0 Å². The molecule has 3 nitrogen and oxygen atoms in total. The van der Waals surface area contributed by atoms with E-state index in [9.17, 15) is 4.79 Å². The van der Waals surface area contributed by atoms with Crippen molar-refractivity contribution in [3.8, 4) is 0 Å². The molecule has 0 rings (SSSR count). The molecule has 0 aliphatic heterocycles. The second-order valence-corrected chi connectivity index (χ2v) is 5.73. The first-order valence-corrected chi connectivity index (χ1v) is 5.65. The largest absolute Gasteiger partial charge is 0.394 e. The zero-order valence-corrected chi connectivity index (χ0v) is 10.6. The van der Waals surface area contributed by atoms with Crippen LogP contribution in [0.1, 0.15) is 47.5 Å². The van der Waals surface area contributed by atoms with Crippen molar-refractivity contribution < 1.29 is 9.90 Å². The van der Waals surface area contributed by atoms with Crippen LogP contribution in [-0.2, 0) is 4.79 Å². The number of carbonyl (C=O) groups is 1. The van der Waals surface area contributed by atoms with Gasteiger partial charge in [0, 0.05) is 12.5 Å². The van der Waals surface area contributed by atoms with E-state index in [2.05, 4.69) is 33.0 Å². The zero-order chi connectivity index (χ0) is 12.1. The number of carbonyl (C=O) groups excluding carboxylic acids is 1. The van der Waals surface area contributed by atoms with E-state index in [1.54, 1.807) is 6.92 Å². The Labute approximate surface area is 93.3 Å². The van der Waals surface area contributed by atoms with Crippen molar-refractivity contribution in [1.82, 2.24) is 5.32 Å². The average molecular weight is 215 g/mol. The summed E-state index contributed by atoms with van der Waals surface area (Å²) in [6, 6.07) is -0.140. The molecule has 0 heterocycles. The number of aliphatic hydroxyl groups excluding tert-OH is 1. The van der Waals surface area contributed by atoms with Crippen LogP contribution in [0.2, 0.25) is 0 Å².